The van der Waals surface area contributed by atoms with Gasteiger partial charge >= 0.3 is 0 Å². The Bertz CT molecular complexity index is 352. The van der Waals surface area contributed by atoms with E-state index in [9.17, 15) is 4.79 Å². The van der Waals surface area contributed by atoms with E-state index in [-0.39, 0.29) is 18.9 Å². The molecule has 0 aliphatic heterocycles. The topological polar surface area (TPSA) is 88.2 Å². The van der Waals surface area contributed by atoms with Crippen LogP contribution in [0.15, 0.2) is 5.38 Å². The molecule has 0 spiro atoms. The van der Waals surface area contributed by atoms with Crippen molar-refractivity contribution in [2.75, 3.05) is 13.1 Å². The number of carbonyl (C=O) groups is 1. The van der Waals surface area contributed by atoms with Gasteiger partial charge < -0.3 is 16.2 Å². The fraction of sp³-hybridized carbons (Fsp3) is 0.636. The second-order valence-corrected chi connectivity index (χ2v) is 4.90. The Kier molecular flexibility index (Phi) is 6.10. The van der Waals surface area contributed by atoms with Crippen LogP contribution in [0.4, 0.5) is 0 Å². The fourth-order valence-corrected chi connectivity index (χ4v) is 2.13. The Balaban J connectivity index is 2.35. The van der Waals surface area contributed by atoms with Gasteiger partial charge in [0.25, 0.3) is 0 Å². The molecule has 96 valence electrons. The van der Waals surface area contributed by atoms with Crippen LogP contribution in [-0.4, -0.2) is 35.2 Å². The molecule has 6 heteroatoms. The van der Waals surface area contributed by atoms with Gasteiger partial charge in [0, 0.05) is 18.3 Å². The minimum Gasteiger partial charge on any atom is -0.392 e. The molecule has 0 aliphatic carbocycles. The highest BCUT2D eigenvalue weighted by molar-refractivity contribution is 7.09. The lowest BCUT2D eigenvalue weighted by molar-refractivity contribution is -0.120. The third-order valence-corrected chi connectivity index (χ3v) is 3.09. The van der Waals surface area contributed by atoms with Crippen molar-refractivity contribution in [1.82, 2.24) is 10.3 Å². The number of carbonyl (C=O) groups excluding carboxylic acids is 1. The maximum atomic E-state index is 11.5. The van der Waals surface area contributed by atoms with E-state index in [0.717, 1.165) is 23.5 Å². The van der Waals surface area contributed by atoms with Gasteiger partial charge in [-0.1, -0.05) is 0 Å². The number of aliphatic hydroxyl groups excluding tert-OH is 1. The summed E-state index contributed by atoms with van der Waals surface area (Å²) in [7, 11) is 0. The summed E-state index contributed by atoms with van der Waals surface area (Å²) in [5.74, 6) is -0.110. The van der Waals surface area contributed by atoms with E-state index >= 15 is 0 Å². The molecule has 0 saturated carbocycles. The number of rotatable bonds is 7. The lowest BCUT2D eigenvalue weighted by Gasteiger charge is -2.05. The van der Waals surface area contributed by atoms with Crippen LogP contribution in [0.3, 0.4) is 0 Å². The molecule has 0 radical (unpaired) electrons. The third kappa shape index (κ3) is 5.76. The molecule has 0 bridgehead atoms. The molecule has 4 N–H and O–H groups in total. The summed E-state index contributed by atoms with van der Waals surface area (Å²) in [4.78, 5) is 15.8. The zero-order chi connectivity index (χ0) is 12.7. The molecule has 1 unspecified atom stereocenters. The van der Waals surface area contributed by atoms with E-state index in [2.05, 4.69) is 10.3 Å². The van der Waals surface area contributed by atoms with Crippen molar-refractivity contribution in [2.24, 2.45) is 5.73 Å². The standard InChI is InChI=1S/C11H19N3O2S/c1-8(15)6-13-10(16)5-9-7-17-11(14-9)3-2-4-12/h7-8,15H,2-6,12H2,1H3,(H,13,16). The molecule has 1 atom stereocenters. The number of nitrogens with two attached hydrogens (primary N) is 1. The van der Waals surface area contributed by atoms with Crippen molar-refractivity contribution in [1.29, 1.82) is 0 Å². The number of aromatic nitrogens is 1. The van der Waals surface area contributed by atoms with Gasteiger partial charge in [-0.3, -0.25) is 4.79 Å². The SMILES string of the molecule is CC(O)CNC(=O)Cc1csc(CCCN)n1. The summed E-state index contributed by atoms with van der Waals surface area (Å²) in [6.45, 7) is 2.57. The molecule has 1 aromatic heterocycles. The normalized spacial score (nSPS) is 12.4. The number of aliphatic hydroxyl groups is 1. The Morgan fingerprint density at radius 2 is 2.47 bits per heavy atom. The van der Waals surface area contributed by atoms with Crippen molar-refractivity contribution in [2.45, 2.75) is 32.3 Å². The van der Waals surface area contributed by atoms with Crippen LogP contribution < -0.4 is 11.1 Å². The summed E-state index contributed by atoms with van der Waals surface area (Å²) in [6.07, 6.45) is 1.54. The molecule has 0 aliphatic rings. The monoisotopic (exact) mass is 257 g/mol. The van der Waals surface area contributed by atoms with Crippen molar-refractivity contribution in [3.63, 3.8) is 0 Å². The second-order valence-electron chi connectivity index (χ2n) is 3.95. The smallest absolute Gasteiger partial charge is 0.226 e. The number of hydrogen-bond acceptors (Lipinski definition) is 5. The highest BCUT2D eigenvalue weighted by atomic mass is 32.1. The average molecular weight is 257 g/mol. The van der Waals surface area contributed by atoms with Crippen LogP contribution in [0.2, 0.25) is 0 Å². The summed E-state index contributed by atoms with van der Waals surface area (Å²) < 4.78 is 0. The highest BCUT2D eigenvalue weighted by Crippen LogP contribution is 2.11. The number of thiazole rings is 1. The maximum Gasteiger partial charge on any atom is 0.226 e. The van der Waals surface area contributed by atoms with E-state index in [1.165, 1.54) is 0 Å². The Hall–Kier alpha value is -0.980. The lowest BCUT2D eigenvalue weighted by Crippen LogP contribution is -2.31. The largest absolute Gasteiger partial charge is 0.392 e. The van der Waals surface area contributed by atoms with Crippen LogP contribution >= 0.6 is 11.3 Å². The molecule has 1 amide bonds. The molecule has 0 saturated heterocycles. The minimum absolute atomic E-state index is 0.110. The first-order valence-corrected chi connectivity index (χ1v) is 6.58. The summed E-state index contributed by atoms with van der Waals surface area (Å²) in [5.41, 5.74) is 6.20. The van der Waals surface area contributed by atoms with Crippen LogP contribution in [0, 0.1) is 0 Å². The van der Waals surface area contributed by atoms with E-state index in [4.69, 9.17) is 10.8 Å². The first kappa shape index (κ1) is 14.1. The van der Waals surface area contributed by atoms with E-state index < -0.39 is 6.10 Å². The van der Waals surface area contributed by atoms with E-state index in [1.54, 1.807) is 18.3 Å². The zero-order valence-electron chi connectivity index (χ0n) is 9.98. The zero-order valence-corrected chi connectivity index (χ0v) is 10.8. The van der Waals surface area contributed by atoms with Gasteiger partial charge in [-0.2, -0.15) is 0 Å². The molecular formula is C11H19N3O2S. The van der Waals surface area contributed by atoms with Crippen molar-refractivity contribution in [3.05, 3.63) is 16.1 Å². The molecular weight excluding hydrogens is 238 g/mol. The number of amides is 1. The van der Waals surface area contributed by atoms with Crippen molar-refractivity contribution >= 4 is 17.2 Å². The number of nitrogens with zero attached hydrogens (tertiary/aromatic N) is 1. The van der Waals surface area contributed by atoms with Gasteiger partial charge in [-0.25, -0.2) is 4.98 Å². The average Bonchev–Trinajstić information content (AvgIpc) is 2.71. The number of hydrogen-bond donors (Lipinski definition) is 3. The van der Waals surface area contributed by atoms with Crippen LogP contribution in [0.5, 0.6) is 0 Å². The first-order chi connectivity index (χ1) is 8.11. The van der Waals surface area contributed by atoms with Gasteiger partial charge in [0.05, 0.1) is 23.2 Å². The Morgan fingerprint density at radius 3 is 3.12 bits per heavy atom. The Labute approximate surface area is 105 Å². The molecule has 17 heavy (non-hydrogen) atoms. The fourth-order valence-electron chi connectivity index (χ4n) is 1.29. The predicted octanol–water partition coefficient (Wildman–Crippen LogP) is 0.0739. The highest BCUT2D eigenvalue weighted by Gasteiger charge is 2.08. The lowest BCUT2D eigenvalue weighted by atomic mass is 10.3. The van der Waals surface area contributed by atoms with Crippen molar-refractivity contribution in [3.8, 4) is 0 Å². The molecule has 1 aromatic rings. The van der Waals surface area contributed by atoms with Crippen molar-refractivity contribution < 1.29 is 9.90 Å². The van der Waals surface area contributed by atoms with Gasteiger partial charge in [-0.05, 0) is 19.9 Å². The summed E-state index contributed by atoms with van der Waals surface area (Å²) >= 11 is 1.56. The van der Waals surface area contributed by atoms with Gasteiger partial charge in [-0.15, -0.1) is 11.3 Å². The predicted molar refractivity (Wildman–Crippen MR) is 67.9 cm³/mol. The molecule has 5 nitrogen and oxygen atoms in total. The number of aryl methyl sites for hydroxylation is 1. The second kappa shape index (κ2) is 7.37. The van der Waals surface area contributed by atoms with Crippen LogP contribution in [0.25, 0.3) is 0 Å². The molecule has 1 heterocycles. The minimum atomic E-state index is -0.519. The van der Waals surface area contributed by atoms with Gasteiger partial charge in [0.2, 0.25) is 5.91 Å². The van der Waals surface area contributed by atoms with Crippen LogP contribution in [-0.2, 0) is 17.6 Å². The summed E-state index contributed by atoms with van der Waals surface area (Å²) in [6, 6.07) is 0. The number of nitrogens with one attached hydrogen (secondary N) is 1. The molecule has 1 rings (SSSR count). The van der Waals surface area contributed by atoms with E-state index in [1.807, 2.05) is 5.38 Å². The molecule has 0 fully saturated rings. The molecule has 0 aromatic carbocycles. The quantitative estimate of drug-likeness (QED) is 0.645. The van der Waals surface area contributed by atoms with Crippen LogP contribution in [0.1, 0.15) is 24.0 Å². The maximum absolute atomic E-state index is 11.5. The van der Waals surface area contributed by atoms with E-state index in [0.29, 0.717) is 6.54 Å². The first-order valence-electron chi connectivity index (χ1n) is 5.70. The Morgan fingerprint density at radius 1 is 1.71 bits per heavy atom. The van der Waals surface area contributed by atoms with Gasteiger partial charge in [0.15, 0.2) is 0 Å². The third-order valence-electron chi connectivity index (χ3n) is 2.13. The summed E-state index contributed by atoms with van der Waals surface area (Å²) in [5, 5.41) is 14.6. The van der Waals surface area contributed by atoms with Gasteiger partial charge in [0.1, 0.15) is 0 Å².